The summed E-state index contributed by atoms with van der Waals surface area (Å²) in [5.41, 5.74) is 0.847. The van der Waals surface area contributed by atoms with Crippen molar-refractivity contribution in [2.45, 2.75) is 33.3 Å². The van der Waals surface area contributed by atoms with E-state index in [4.69, 9.17) is 9.47 Å². The van der Waals surface area contributed by atoms with Crippen molar-refractivity contribution < 1.29 is 9.47 Å². The summed E-state index contributed by atoms with van der Waals surface area (Å²) < 4.78 is 15.2. The molecule has 0 spiro atoms. The van der Waals surface area contributed by atoms with Crippen molar-refractivity contribution in [3.63, 3.8) is 0 Å². The molecule has 0 amide bonds. The minimum Gasteiger partial charge on any atom is -0.494 e. The van der Waals surface area contributed by atoms with Crippen molar-refractivity contribution >= 4 is 16.5 Å². The molecule has 0 fully saturated rings. The Kier molecular flexibility index (Phi) is 6.27. The first kappa shape index (κ1) is 15.6. The normalized spacial score (nSPS) is 10.4. The molecule has 1 aromatic heterocycles. The summed E-state index contributed by atoms with van der Waals surface area (Å²) in [7, 11) is 0. The highest BCUT2D eigenvalue weighted by Crippen LogP contribution is 2.22. The zero-order chi connectivity index (χ0) is 14.9. The molecule has 5 nitrogen and oxygen atoms in total. The quantitative estimate of drug-likeness (QED) is 0.765. The number of ether oxygens (including phenoxy) is 2. The van der Waals surface area contributed by atoms with Crippen molar-refractivity contribution in [2.75, 3.05) is 18.5 Å². The van der Waals surface area contributed by atoms with E-state index < -0.39 is 0 Å². The van der Waals surface area contributed by atoms with Gasteiger partial charge in [-0.25, -0.2) is 0 Å². The fourth-order valence-corrected chi connectivity index (χ4v) is 2.27. The first-order valence-electron chi connectivity index (χ1n) is 7.24. The topological polar surface area (TPSA) is 56.3 Å². The molecule has 0 atom stereocenters. The van der Waals surface area contributed by atoms with Crippen molar-refractivity contribution in [1.29, 1.82) is 0 Å². The first-order chi connectivity index (χ1) is 10.3. The van der Waals surface area contributed by atoms with Gasteiger partial charge in [0.2, 0.25) is 0 Å². The summed E-state index contributed by atoms with van der Waals surface area (Å²) in [5, 5.41) is 8.39. The summed E-state index contributed by atoms with van der Waals surface area (Å²) in [6, 6.07) is 7.65. The standard InChI is InChI=1S/C15H21N3O2S/c1-3-9-16-15-14(17-18-21-15)11-20-13-7-5-12(6-8-13)19-10-4-2/h5-8,16H,3-4,9-11H2,1-2H3. The van der Waals surface area contributed by atoms with Crippen LogP contribution in [-0.2, 0) is 6.61 Å². The maximum atomic E-state index is 5.74. The highest BCUT2D eigenvalue weighted by Gasteiger charge is 2.08. The molecule has 0 saturated heterocycles. The second-order valence-electron chi connectivity index (χ2n) is 4.58. The van der Waals surface area contributed by atoms with Gasteiger partial charge in [0.1, 0.15) is 28.8 Å². The second-order valence-corrected chi connectivity index (χ2v) is 5.34. The number of nitrogens with zero attached hydrogens (tertiary/aromatic N) is 2. The van der Waals surface area contributed by atoms with Crippen LogP contribution < -0.4 is 14.8 Å². The van der Waals surface area contributed by atoms with Crippen LogP contribution in [0.1, 0.15) is 32.4 Å². The SMILES string of the molecule is CCCNc1snnc1COc1ccc(OCCC)cc1. The smallest absolute Gasteiger partial charge is 0.136 e. The highest BCUT2D eigenvalue weighted by molar-refractivity contribution is 7.10. The third-order valence-electron chi connectivity index (χ3n) is 2.76. The highest BCUT2D eigenvalue weighted by atomic mass is 32.1. The molecule has 2 aromatic rings. The van der Waals surface area contributed by atoms with Gasteiger partial charge in [-0.3, -0.25) is 0 Å². The van der Waals surface area contributed by atoms with Gasteiger partial charge in [-0.05, 0) is 37.1 Å². The molecular weight excluding hydrogens is 286 g/mol. The van der Waals surface area contributed by atoms with Gasteiger partial charge in [-0.15, -0.1) is 5.10 Å². The van der Waals surface area contributed by atoms with Crippen LogP contribution in [0.15, 0.2) is 24.3 Å². The van der Waals surface area contributed by atoms with E-state index in [1.54, 1.807) is 0 Å². The van der Waals surface area contributed by atoms with Crippen molar-refractivity contribution in [3.05, 3.63) is 30.0 Å². The molecule has 2 rings (SSSR count). The predicted molar refractivity (Wildman–Crippen MR) is 85.2 cm³/mol. The fraction of sp³-hybridized carbons (Fsp3) is 0.467. The number of hydrogen-bond donors (Lipinski definition) is 1. The summed E-state index contributed by atoms with van der Waals surface area (Å²) >= 11 is 1.36. The van der Waals surface area contributed by atoms with Gasteiger partial charge in [0.25, 0.3) is 0 Å². The van der Waals surface area contributed by atoms with Crippen LogP contribution in [0.3, 0.4) is 0 Å². The van der Waals surface area contributed by atoms with E-state index in [2.05, 4.69) is 28.8 Å². The molecule has 1 heterocycles. The van der Waals surface area contributed by atoms with Gasteiger partial charge in [-0.2, -0.15) is 0 Å². The first-order valence-corrected chi connectivity index (χ1v) is 8.01. The van der Waals surface area contributed by atoms with Crippen LogP contribution in [0, 0.1) is 0 Å². The second kappa shape index (κ2) is 8.46. The lowest BCUT2D eigenvalue weighted by atomic mass is 10.3. The number of rotatable bonds is 9. The average Bonchev–Trinajstić information content (AvgIpc) is 2.97. The van der Waals surface area contributed by atoms with Gasteiger partial charge in [0.15, 0.2) is 0 Å². The lowest BCUT2D eigenvalue weighted by Gasteiger charge is -2.08. The maximum Gasteiger partial charge on any atom is 0.136 e. The molecule has 1 aromatic carbocycles. The number of aromatic nitrogens is 2. The Hall–Kier alpha value is -1.82. The Labute approximate surface area is 129 Å². The van der Waals surface area contributed by atoms with E-state index in [1.165, 1.54) is 11.5 Å². The number of nitrogens with one attached hydrogen (secondary N) is 1. The third-order valence-corrected chi connectivity index (χ3v) is 3.49. The molecule has 1 N–H and O–H groups in total. The Morgan fingerprint density at radius 3 is 2.43 bits per heavy atom. The van der Waals surface area contributed by atoms with Gasteiger partial charge in [0, 0.05) is 18.1 Å². The Bertz CT molecular complexity index is 528. The third kappa shape index (κ3) is 4.90. The van der Waals surface area contributed by atoms with Gasteiger partial charge >= 0.3 is 0 Å². The minimum absolute atomic E-state index is 0.414. The molecule has 0 aliphatic carbocycles. The van der Waals surface area contributed by atoms with E-state index in [1.807, 2.05) is 24.3 Å². The molecule has 0 aliphatic rings. The summed E-state index contributed by atoms with van der Waals surface area (Å²) in [5.74, 6) is 1.66. The van der Waals surface area contributed by atoms with Crippen LogP contribution in [0.4, 0.5) is 5.00 Å². The van der Waals surface area contributed by atoms with Crippen LogP contribution in [0.2, 0.25) is 0 Å². The van der Waals surface area contributed by atoms with E-state index in [9.17, 15) is 0 Å². The zero-order valence-corrected chi connectivity index (χ0v) is 13.3. The predicted octanol–water partition coefficient (Wildman–Crippen LogP) is 3.73. The number of anilines is 1. The van der Waals surface area contributed by atoms with E-state index in [0.29, 0.717) is 6.61 Å². The van der Waals surface area contributed by atoms with E-state index >= 15 is 0 Å². The van der Waals surface area contributed by atoms with Crippen molar-refractivity contribution in [3.8, 4) is 11.5 Å². The molecule has 6 heteroatoms. The molecule has 0 saturated carbocycles. The molecule has 0 unspecified atom stereocenters. The molecule has 0 radical (unpaired) electrons. The Morgan fingerprint density at radius 2 is 1.76 bits per heavy atom. The van der Waals surface area contributed by atoms with Gasteiger partial charge in [-0.1, -0.05) is 18.3 Å². The van der Waals surface area contributed by atoms with E-state index in [0.717, 1.165) is 48.2 Å². The van der Waals surface area contributed by atoms with Crippen LogP contribution in [0.5, 0.6) is 11.5 Å². The average molecular weight is 307 g/mol. The van der Waals surface area contributed by atoms with Crippen molar-refractivity contribution in [1.82, 2.24) is 9.59 Å². The Balaban J connectivity index is 1.86. The fourth-order valence-electron chi connectivity index (χ4n) is 1.68. The monoisotopic (exact) mass is 307 g/mol. The molecule has 114 valence electrons. The van der Waals surface area contributed by atoms with Gasteiger partial charge in [0.05, 0.1) is 6.61 Å². The molecule has 0 bridgehead atoms. The minimum atomic E-state index is 0.414. The lowest BCUT2D eigenvalue weighted by molar-refractivity contribution is 0.298. The number of benzene rings is 1. The van der Waals surface area contributed by atoms with Crippen LogP contribution in [0.25, 0.3) is 0 Å². The lowest BCUT2D eigenvalue weighted by Crippen LogP contribution is -2.03. The summed E-state index contributed by atoms with van der Waals surface area (Å²) in [6.07, 6.45) is 2.07. The molecular formula is C15H21N3O2S. The Morgan fingerprint density at radius 1 is 1.05 bits per heavy atom. The van der Waals surface area contributed by atoms with E-state index in [-0.39, 0.29) is 0 Å². The van der Waals surface area contributed by atoms with Crippen LogP contribution in [-0.4, -0.2) is 22.7 Å². The molecule has 0 aliphatic heterocycles. The maximum absolute atomic E-state index is 5.74. The zero-order valence-electron chi connectivity index (χ0n) is 12.5. The molecule has 21 heavy (non-hydrogen) atoms. The number of hydrogen-bond acceptors (Lipinski definition) is 6. The van der Waals surface area contributed by atoms with Gasteiger partial charge < -0.3 is 14.8 Å². The summed E-state index contributed by atoms with van der Waals surface area (Å²) in [6.45, 7) is 6.28. The summed E-state index contributed by atoms with van der Waals surface area (Å²) in [4.78, 5) is 0. The largest absolute Gasteiger partial charge is 0.494 e. The van der Waals surface area contributed by atoms with Crippen LogP contribution >= 0.6 is 11.5 Å². The van der Waals surface area contributed by atoms with Crippen molar-refractivity contribution in [2.24, 2.45) is 0 Å².